The van der Waals surface area contributed by atoms with Crippen molar-refractivity contribution in [2.75, 3.05) is 7.11 Å². The second kappa shape index (κ2) is 7.74. The number of nitrogens with zero attached hydrogens (tertiary/aromatic N) is 3. The maximum Gasteiger partial charge on any atom is 0.153 e. The Morgan fingerprint density at radius 3 is 2.44 bits per heavy atom. The highest BCUT2D eigenvalue weighted by Gasteiger charge is 2.16. The zero-order valence-electron chi connectivity index (χ0n) is 14.9. The number of aromatic nitrogens is 3. The van der Waals surface area contributed by atoms with Crippen LogP contribution < -0.4 is 9.47 Å². The minimum absolute atomic E-state index is 0.474. The molecule has 4 rings (SSSR count). The van der Waals surface area contributed by atoms with Gasteiger partial charge in [0.05, 0.1) is 12.7 Å². The molecule has 2 heterocycles. The van der Waals surface area contributed by atoms with Crippen LogP contribution in [0.3, 0.4) is 0 Å². The summed E-state index contributed by atoms with van der Waals surface area (Å²) in [6.45, 7) is 0.474. The van der Waals surface area contributed by atoms with E-state index in [1.165, 1.54) is 0 Å². The highest BCUT2D eigenvalue weighted by molar-refractivity contribution is 5.74. The minimum Gasteiger partial charge on any atom is -0.496 e. The summed E-state index contributed by atoms with van der Waals surface area (Å²) in [5.41, 5.74) is 2.69. The van der Waals surface area contributed by atoms with Crippen molar-refractivity contribution in [3.05, 3.63) is 90.8 Å². The first-order chi connectivity index (χ1) is 13.3. The number of benzene rings is 2. The van der Waals surface area contributed by atoms with Gasteiger partial charge < -0.3 is 9.47 Å². The van der Waals surface area contributed by atoms with Crippen LogP contribution >= 0.6 is 0 Å². The first-order valence-corrected chi connectivity index (χ1v) is 8.66. The summed E-state index contributed by atoms with van der Waals surface area (Å²) in [5, 5.41) is 4.67. The van der Waals surface area contributed by atoms with E-state index in [0.717, 1.165) is 28.4 Å². The van der Waals surface area contributed by atoms with Gasteiger partial charge in [0.15, 0.2) is 5.82 Å². The number of methoxy groups -OCH3 is 1. The largest absolute Gasteiger partial charge is 0.496 e. The fourth-order valence-corrected chi connectivity index (χ4v) is 2.86. The monoisotopic (exact) mass is 357 g/mol. The number of rotatable bonds is 6. The molecule has 0 fully saturated rings. The topological polar surface area (TPSA) is 49.2 Å². The SMILES string of the molecule is COc1cccc(OCc2ccccc2)c1-c1ccn(-c2ccccn2)n1. The Morgan fingerprint density at radius 2 is 1.67 bits per heavy atom. The molecule has 27 heavy (non-hydrogen) atoms. The van der Waals surface area contributed by atoms with Crippen LogP contribution in [0.5, 0.6) is 11.5 Å². The average Bonchev–Trinajstić information content (AvgIpc) is 3.23. The van der Waals surface area contributed by atoms with Gasteiger partial charge in [-0.2, -0.15) is 5.10 Å². The van der Waals surface area contributed by atoms with E-state index in [2.05, 4.69) is 10.1 Å². The summed E-state index contributed by atoms with van der Waals surface area (Å²) >= 11 is 0. The van der Waals surface area contributed by atoms with Crippen molar-refractivity contribution >= 4 is 0 Å². The van der Waals surface area contributed by atoms with Crippen LogP contribution in [-0.4, -0.2) is 21.9 Å². The molecule has 0 radical (unpaired) electrons. The molecule has 0 aliphatic carbocycles. The first kappa shape index (κ1) is 16.8. The van der Waals surface area contributed by atoms with Gasteiger partial charge in [0.1, 0.15) is 23.8 Å². The van der Waals surface area contributed by atoms with Crippen LogP contribution in [0.4, 0.5) is 0 Å². The lowest BCUT2D eigenvalue weighted by atomic mass is 10.1. The van der Waals surface area contributed by atoms with Gasteiger partial charge in [-0.3, -0.25) is 0 Å². The molecule has 0 atom stereocenters. The average molecular weight is 357 g/mol. The van der Waals surface area contributed by atoms with Crippen molar-refractivity contribution in [1.29, 1.82) is 0 Å². The zero-order chi connectivity index (χ0) is 18.5. The fourth-order valence-electron chi connectivity index (χ4n) is 2.86. The van der Waals surface area contributed by atoms with Crippen molar-refractivity contribution in [1.82, 2.24) is 14.8 Å². The number of hydrogen-bond acceptors (Lipinski definition) is 4. The van der Waals surface area contributed by atoms with Crippen molar-refractivity contribution in [2.45, 2.75) is 6.61 Å². The molecule has 0 saturated carbocycles. The zero-order valence-corrected chi connectivity index (χ0v) is 14.9. The molecule has 0 N–H and O–H groups in total. The number of ether oxygens (including phenoxy) is 2. The predicted molar refractivity (Wildman–Crippen MR) is 104 cm³/mol. The normalized spacial score (nSPS) is 10.6. The van der Waals surface area contributed by atoms with Crippen LogP contribution in [0.15, 0.2) is 85.2 Å². The molecule has 0 bridgehead atoms. The molecule has 5 nitrogen and oxygen atoms in total. The lowest BCUT2D eigenvalue weighted by Crippen LogP contribution is -2.00. The Kier molecular flexibility index (Phi) is 4.83. The van der Waals surface area contributed by atoms with E-state index >= 15 is 0 Å². The smallest absolute Gasteiger partial charge is 0.153 e. The lowest BCUT2D eigenvalue weighted by molar-refractivity contribution is 0.305. The summed E-state index contributed by atoms with van der Waals surface area (Å²) in [7, 11) is 1.65. The summed E-state index contributed by atoms with van der Waals surface area (Å²) in [4.78, 5) is 4.33. The number of pyridine rings is 1. The minimum atomic E-state index is 0.474. The standard InChI is InChI=1S/C22H19N3O2/c1-26-19-10-7-11-20(27-16-17-8-3-2-4-9-17)22(19)18-13-15-25(24-18)21-12-5-6-14-23-21/h2-15H,16H2,1H3. The molecule has 0 spiro atoms. The van der Waals surface area contributed by atoms with Gasteiger partial charge in [-0.15, -0.1) is 0 Å². The van der Waals surface area contributed by atoms with E-state index in [0.29, 0.717) is 12.4 Å². The molecule has 0 aliphatic rings. The van der Waals surface area contributed by atoms with E-state index < -0.39 is 0 Å². The Hall–Kier alpha value is -3.60. The Bertz CT molecular complexity index is 1010. The predicted octanol–water partition coefficient (Wildman–Crippen LogP) is 4.52. The maximum atomic E-state index is 6.09. The van der Waals surface area contributed by atoms with Gasteiger partial charge >= 0.3 is 0 Å². The molecule has 134 valence electrons. The van der Waals surface area contributed by atoms with Gasteiger partial charge in [0, 0.05) is 12.4 Å². The van der Waals surface area contributed by atoms with Crippen molar-refractivity contribution in [3.63, 3.8) is 0 Å². The van der Waals surface area contributed by atoms with E-state index in [-0.39, 0.29) is 0 Å². The molecule has 0 unspecified atom stereocenters. The van der Waals surface area contributed by atoms with Crippen LogP contribution in [0.2, 0.25) is 0 Å². The van der Waals surface area contributed by atoms with E-state index in [1.54, 1.807) is 18.0 Å². The van der Waals surface area contributed by atoms with Crippen LogP contribution in [-0.2, 0) is 6.61 Å². The van der Waals surface area contributed by atoms with Crippen LogP contribution in [0.1, 0.15) is 5.56 Å². The molecule has 0 amide bonds. The Labute approximate surface area is 157 Å². The quantitative estimate of drug-likeness (QED) is 0.509. The van der Waals surface area contributed by atoms with Gasteiger partial charge in [-0.1, -0.05) is 42.5 Å². The molecule has 5 heteroatoms. The Morgan fingerprint density at radius 1 is 0.852 bits per heavy atom. The third-order valence-corrected chi connectivity index (χ3v) is 4.17. The maximum absolute atomic E-state index is 6.09. The first-order valence-electron chi connectivity index (χ1n) is 8.66. The molecule has 0 saturated heterocycles. The molecular formula is C22H19N3O2. The van der Waals surface area contributed by atoms with Crippen LogP contribution in [0, 0.1) is 0 Å². The Balaban J connectivity index is 1.68. The lowest BCUT2D eigenvalue weighted by Gasteiger charge is -2.13. The second-order valence-corrected chi connectivity index (χ2v) is 5.94. The summed E-state index contributed by atoms with van der Waals surface area (Å²) in [6.07, 6.45) is 3.62. The van der Waals surface area contributed by atoms with Gasteiger partial charge in [-0.05, 0) is 35.9 Å². The molecule has 4 aromatic rings. The van der Waals surface area contributed by atoms with Gasteiger partial charge in [0.2, 0.25) is 0 Å². The van der Waals surface area contributed by atoms with Crippen LogP contribution in [0.25, 0.3) is 17.1 Å². The second-order valence-electron chi connectivity index (χ2n) is 5.94. The van der Waals surface area contributed by atoms with Crippen molar-refractivity contribution < 1.29 is 9.47 Å². The van der Waals surface area contributed by atoms with E-state index in [4.69, 9.17) is 9.47 Å². The van der Waals surface area contributed by atoms with Crippen molar-refractivity contribution in [3.8, 4) is 28.6 Å². The molecule has 2 aromatic heterocycles. The number of hydrogen-bond donors (Lipinski definition) is 0. The molecule has 2 aromatic carbocycles. The highest BCUT2D eigenvalue weighted by atomic mass is 16.5. The van der Waals surface area contributed by atoms with E-state index in [1.807, 2.05) is 79.0 Å². The fraction of sp³-hybridized carbons (Fsp3) is 0.0909. The van der Waals surface area contributed by atoms with Gasteiger partial charge in [0.25, 0.3) is 0 Å². The third-order valence-electron chi connectivity index (χ3n) is 4.17. The highest BCUT2D eigenvalue weighted by Crippen LogP contribution is 2.37. The van der Waals surface area contributed by atoms with E-state index in [9.17, 15) is 0 Å². The molecular weight excluding hydrogens is 338 g/mol. The molecule has 0 aliphatic heterocycles. The van der Waals surface area contributed by atoms with Gasteiger partial charge in [-0.25, -0.2) is 9.67 Å². The summed E-state index contributed by atoms with van der Waals surface area (Å²) < 4.78 is 13.4. The summed E-state index contributed by atoms with van der Waals surface area (Å²) in [6, 6.07) is 23.5. The third kappa shape index (κ3) is 3.67. The van der Waals surface area contributed by atoms with Crippen molar-refractivity contribution in [2.24, 2.45) is 0 Å². The summed E-state index contributed by atoms with van der Waals surface area (Å²) in [5.74, 6) is 2.20.